The molecular formula is C17H13BN3O2S. The van der Waals surface area contributed by atoms with Gasteiger partial charge in [-0.1, -0.05) is 12.3 Å². The Kier molecular flexibility index (Phi) is 3.57. The quantitative estimate of drug-likeness (QED) is 0.540. The lowest BCUT2D eigenvalue weighted by atomic mass is 9.72. The number of fused-ring (bicyclic) bond motifs is 3. The molecule has 0 N–H and O–H groups in total. The van der Waals surface area contributed by atoms with Gasteiger partial charge in [-0.15, -0.1) is 11.3 Å². The van der Waals surface area contributed by atoms with Gasteiger partial charge < -0.3 is 4.74 Å². The average Bonchev–Trinajstić information content (AvgIpc) is 3.02. The highest BCUT2D eigenvalue weighted by Gasteiger charge is 2.15. The van der Waals surface area contributed by atoms with Crippen LogP contribution in [0.2, 0.25) is 6.82 Å². The standard InChI is InChI=1S/C17H13BN3O2S/c1-18-12-7-8-19-16-13(12)14-15(24-16)17(22)21(9-20-14)10-3-5-11(23-2)6-4-10/h3-9H,1-2H3. The third-order valence-electron chi connectivity index (χ3n) is 3.98. The second-order valence-corrected chi connectivity index (χ2v) is 6.27. The number of ether oxygens (including phenoxy) is 1. The van der Waals surface area contributed by atoms with Crippen LogP contribution in [-0.2, 0) is 0 Å². The zero-order chi connectivity index (χ0) is 16.7. The molecule has 24 heavy (non-hydrogen) atoms. The maximum Gasteiger partial charge on any atom is 0.275 e. The predicted molar refractivity (Wildman–Crippen MR) is 98.3 cm³/mol. The van der Waals surface area contributed by atoms with Crippen LogP contribution in [0.5, 0.6) is 5.75 Å². The number of nitrogens with zero attached hydrogens (tertiary/aromatic N) is 3. The molecule has 1 radical (unpaired) electrons. The smallest absolute Gasteiger partial charge is 0.275 e. The van der Waals surface area contributed by atoms with Gasteiger partial charge in [-0.2, -0.15) is 0 Å². The van der Waals surface area contributed by atoms with Crippen LogP contribution in [0.1, 0.15) is 0 Å². The van der Waals surface area contributed by atoms with Crippen molar-refractivity contribution in [2.45, 2.75) is 6.82 Å². The second-order valence-electron chi connectivity index (χ2n) is 5.27. The summed E-state index contributed by atoms with van der Waals surface area (Å²) in [7, 11) is 3.62. The van der Waals surface area contributed by atoms with Gasteiger partial charge in [-0.3, -0.25) is 9.36 Å². The van der Waals surface area contributed by atoms with Crippen molar-refractivity contribution in [1.29, 1.82) is 0 Å². The first kappa shape index (κ1) is 14.9. The summed E-state index contributed by atoms with van der Waals surface area (Å²) in [5.41, 5.74) is 2.42. The second kappa shape index (κ2) is 5.76. The van der Waals surface area contributed by atoms with Gasteiger partial charge >= 0.3 is 0 Å². The molecule has 0 spiro atoms. The molecule has 0 saturated heterocycles. The molecular weight excluding hydrogens is 321 g/mol. The zero-order valence-corrected chi connectivity index (χ0v) is 14.0. The Morgan fingerprint density at radius 1 is 1.17 bits per heavy atom. The van der Waals surface area contributed by atoms with E-state index in [1.54, 1.807) is 24.2 Å². The number of hydrogen-bond acceptors (Lipinski definition) is 5. The maximum atomic E-state index is 12.9. The first-order valence-corrected chi connectivity index (χ1v) is 8.27. The van der Waals surface area contributed by atoms with Gasteiger partial charge in [0.15, 0.2) is 0 Å². The largest absolute Gasteiger partial charge is 0.497 e. The van der Waals surface area contributed by atoms with Gasteiger partial charge in [-0.25, -0.2) is 9.97 Å². The average molecular weight is 334 g/mol. The molecule has 0 atom stereocenters. The summed E-state index contributed by atoms with van der Waals surface area (Å²) in [6.07, 6.45) is 3.33. The maximum absolute atomic E-state index is 12.9. The Morgan fingerprint density at radius 3 is 2.67 bits per heavy atom. The van der Waals surface area contributed by atoms with E-state index < -0.39 is 0 Å². The van der Waals surface area contributed by atoms with Crippen molar-refractivity contribution < 1.29 is 4.74 Å². The molecule has 3 aromatic heterocycles. The summed E-state index contributed by atoms with van der Waals surface area (Å²) in [5, 5.41) is 0.944. The molecule has 0 fully saturated rings. The van der Waals surface area contributed by atoms with E-state index in [2.05, 4.69) is 9.97 Å². The zero-order valence-electron chi connectivity index (χ0n) is 13.2. The van der Waals surface area contributed by atoms with Crippen molar-refractivity contribution in [3.05, 3.63) is 53.2 Å². The van der Waals surface area contributed by atoms with E-state index in [4.69, 9.17) is 4.74 Å². The number of thiophene rings is 1. The predicted octanol–water partition coefficient (Wildman–Crippen LogP) is 2.38. The molecule has 3 heterocycles. The first-order chi connectivity index (χ1) is 11.7. The van der Waals surface area contributed by atoms with E-state index in [1.165, 1.54) is 11.3 Å². The minimum Gasteiger partial charge on any atom is -0.497 e. The number of rotatable bonds is 3. The van der Waals surface area contributed by atoms with Crippen LogP contribution in [0.3, 0.4) is 0 Å². The molecule has 0 aliphatic rings. The Bertz CT molecular complexity index is 1100. The van der Waals surface area contributed by atoms with Gasteiger partial charge in [0.25, 0.3) is 5.56 Å². The van der Waals surface area contributed by atoms with Crippen molar-refractivity contribution in [2.24, 2.45) is 0 Å². The Balaban J connectivity index is 1.98. The highest BCUT2D eigenvalue weighted by atomic mass is 32.1. The normalized spacial score (nSPS) is 11.1. The molecule has 0 unspecified atom stereocenters. The number of pyridine rings is 1. The molecule has 5 nitrogen and oxygen atoms in total. The fourth-order valence-corrected chi connectivity index (χ4v) is 3.80. The Morgan fingerprint density at radius 2 is 1.96 bits per heavy atom. The van der Waals surface area contributed by atoms with E-state index in [9.17, 15) is 4.79 Å². The van der Waals surface area contributed by atoms with Crippen molar-refractivity contribution in [1.82, 2.24) is 14.5 Å². The molecule has 4 rings (SSSR count). The lowest BCUT2D eigenvalue weighted by molar-refractivity contribution is 0.414. The molecule has 1 aromatic carbocycles. The van der Waals surface area contributed by atoms with Gasteiger partial charge in [0.05, 0.1) is 18.3 Å². The number of benzene rings is 1. The van der Waals surface area contributed by atoms with Crippen molar-refractivity contribution in [3.8, 4) is 11.4 Å². The van der Waals surface area contributed by atoms with E-state index in [0.717, 1.165) is 27.1 Å². The van der Waals surface area contributed by atoms with Crippen molar-refractivity contribution >= 4 is 44.5 Å². The minimum absolute atomic E-state index is 0.0878. The summed E-state index contributed by atoms with van der Waals surface area (Å²) in [6, 6.07) is 9.26. The van der Waals surface area contributed by atoms with Gasteiger partial charge in [0, 0.05) is 11.6 Å². The molecule has 4 aromatic rings. The van der Waals surface area contributed by atoms with Gasteiger partial charge in [-0.05, 0) is 30.3 Å². The molecule has 0 aliphatic heterocycles. The molecule has 117 valence electrons. The SMILES string of the molecule is C[B]c1ccnc2sc3c(=O)n(-c4ccc(OC)cc4)cnc3c12. The molecule has 0 bridgehead atoms. The van der Waals surface area contributed by atoms with Crippen LogP contribution in [0.25, 0.3) is 26.1 Å². The fourth-order valence-electron chi connectivity index (χ4n) is 2.74. The van der Waals surface area contributed by atoms with Crippen molar-refractivity contribution in [2.75, 3.05) is 7.11 Å². The summed E-state index contributed by atoms with van der Waals surface area (Å²) < 4.78 is 7.32. The number of aromatic nitrogens is 3. The highest BCUT2D eigenvalue weighted by Crippen LogP contribution is 2.27. The van der Waals surface area contributed by atoms with E-state index in [1.807, 2.05) is 44.4 Å². The summed E-state index contributed by atoms with van der Waals surface area (Å²) in [4.78, 5) is 22.7. The first-order valence-electron chi connectivity index (χ1n) is 7.45. The lowest BCUT2D eigenvalue weighted by Crippen LogP contribution is -2.18. The summed E-state index contributed by atoms with van der Waals surface area (Å²) >= 11 is 1.38. The molecule has 0 aliphatic carbocycles. The summed E-state index contributed by atoms with van der Waals surface area (Å²) in [6.45, 7) is 1.97. The molecule has 0 saturated carbocycles. The topological polar surface area (TPSA) is 57.0 Å². The summed E-state index contributed by atoms with van der Waals surface area (Å²) in [5.74, 6) is 0.745. The van der Waals surface area contributed by atoms with Crippen LogP contribution < -0.4 is 15.8 Å². The fraction of sp³-hybridized carbons (Fsp3) is 0.118. The van der Waals surface area contributed by atoms with Crippen LogP contribution >= 0.6 is 11.3 Å². The Labute approximate surface area is 142 Å². The third kappa shape index (κ3) is 2.20. The minimum atomic E-state index is -0.0878. The van der Waals surface area contributed by atoms with Crippen LogP contribution in [0.4, 0.5) is 0 Å². The Hall–Kier alpha value is -2.67. The number of methoxy groups -OCH3 is 1. The van der Waals surface area contributed by atoms with Crippen LogP contribution in [0.15, 0.2) is 47.7 Å². The van der Waals surface area contributed by atoms with E-state index >= 15 is 0 Å². The molecule has 7 heteroatoms. The van der Waals surface area contributed by atoms with Crippen LogP contribution in [-0.4, -0.2) is 28.9 Å². The van der Waals surface area contributed by atoms with Gasteiger partial charge in [0.2, 0.25) is 0 Å². The molecule has 0 amide bonds. The van der Waals surface area contributed by atoms with Crippen molar-refractivity contribution in [3.63, 3.8) is 0 Å². The van der Waals surface area contributed by atoms with E-state index in [0.29, 0.717) is 10.2 Å². The monoisotopic (exact) mass is 334 g/mol. The number of hydrogen-bond donors (Lipinski definition) is 0. The van der Waals surface area contributed by atoms with E-state index in [-0.39, 0.29) is 5.56 Å². The highest BCUT2D eigenvalue weighted by molar-refractivity contribution is 7.25. The van der Waals surface area contributed by atoms with Crippen LogP contribution in [0, 0.1) is 0 Å². The van der Waals surface area contributed by atoms with Gasteiger partial charge in [0.1, 0.15) is 28.9 Å². The lowest BCUT2D eigenvalue weighted by Gasteiger charge is -2.06. The third-order valence-corrected chi connectivity index (χ3v) is 5.05.